The van der Waals surface area contributed by atoms with Gasteiger partial charge in [-0.15, -0.1) is 0 Å². The minimum atomic E-state index is -2.66. The van der Waals surface area contributed by atoms with Crippen LogP contribution in [0.5, 0.6) is 5.75 Å². The van der Waals surface area contributed by atoms with Crippen molar-refractivity contribution in [3.05, 3.63) is 70.0 Å². The fraction of sp³-hybridized carbons (Fsp3) is 0.424. The van der Waals surface area contributed by atoms with E-state index < -0.39 is 58.0 Å². The first kappa shape index (κ1) is 30.5. The van der Waals surface area contributed by atoms with Crippen LogP contribution in [0.15, 0.2) is 53.3 Å². The van der Waals surface area contributed by atoms with Gasteiger partial charge in [0.25, 0.3) is 5.91 Å². The number of aliphatic hydroxyl groups is 3. The molecule has 0 heterocycles. The molecular weight excluding hydrogens is 550 g/mol. The lowest BCUT2D eigenvalue weighted by molar-refractivity contribution is -0.153. The van der Waals surface area contributed by atoms with Crippen molar-refractivity contribution in [2.24, 2.45) is 23.5 Å². The van der Waals surface area contributed by atoms with Crippen LogP contribution in [0.3, 0.4) is 0 Å². The van der Waals surface area contributed by atoms with Gasteiger partial charge in [-0.05, 0) is 80.2 Å². The average Bonchev–Trinajstić information content (AvgIpc) is 2.90. The van der Waals surface area contributed by atoms with Crippen LogP contribution in [0, 0.1) is 17.8 Å². The second-order valence-corrected chi connectivity index (χ2v) is 12.7. The van der Waals surface area contributed by atoms with Crippen molar-refractivity contribution in [2.45, 2.75) is 44.9 Å². The quantitative estimate of drug-likeness (QED) is 0.305. The Morgan fingerprint density at radius 2 is 1.79 bits per heavy atom. The van der Waals surface area contributed by atoms with Crippen LogP contribution in [0.2, 0.25) is 0 Å². The fourth-order valence-electron chi connectivity index (χ4n) is 7.35. The zero-order valence-corrected chi connectivity index (χ0v) is 25.1. The number of fused-ring (bicyclic) bond motifs is 3. The number of ketones is 2. The molecule has 0 bridgehead atoms. The summed E-state index contributed by atoms with van der Waals surface area (Å²) in [4.78, 5) is 43.3. The van der Waals surface area contributed by atoms with E-state index in [1.807, 2.05) is 18.2 Å². The van der Waals surface area contributed by atoms with Crippen LogP contribution in [-0.4, -0.2) is 87.0 Å². The fourth-order valence-corrected chi connectivity index (χ4v) is 7.35. The second kappa shape index (κ2) is 10.9. The van der Waals surface area contributed by atoms with Crippen LogP contribution in [0.25, 0.3) is 16.9 Å². The molecule has 2 aromatic carbocycles. The zero-order valence-electron chi connectivity index (χ0n) is 25.1. The van der Waals surface area contributed by atoms with Crippen LogP contribution < -0.4 is 5.73 Å². The number of nitrogens with two attached hydrogens (primary N) is 1. The van der Waals surface area contributed by atoms with E-state index in [0.717, 1.165) is 29.8 Å². The van der Waals surface area contributed by atoms with Gasteiger partial charge < -0.3 is 31.1 Å². The maximum Gasteiger partial charge on any atom is 0.255 e. The van der Waals surface area contributed by atoms with E-state index in [1.165, 1.54) is 11.0 Å². The summed E-state index contributed by atoms with van der Waals surface area (Å²) in [5.41, 5.74) is 5.22. The average molecular weight is 590 g/mol. The molecule has 10 heteroatoms. The number of Topliss-reactive ketones (excluding diaryl/α,β-unsaturated/α-hetero) is 2. The SMILES string of the molecule is CC(C)CN(C)Cc1cccc(-c2ccc(O)c3c2C[C@H]2C[C@H]4[C@H](N(C)C)C(=O)C(C(N)=O)=C(O)[C@@]4(O)C(=O)C2=C3O)c1. The molecule has 228 valence electrons. The van der Waals surface area contributed by atoms with Crippen molar-refractivity contribution in [3.63, 3.8) is 0 Å². The summed E-state index contributed by atoms with van der Waals surface area (Å²) in [7, 11) is 5.22. The van der Waals surface area contributed by atoms with Gasteiger partial charge in [0.15, 0.2) is 11.4 Å². The van der Waals surface area contributed by atoms with E-state index in [2.05, 4.69) is 31.9 Å². The highest BCUT2D eigenvalue weighted by Gasteiger charge is 2.64. The van der Waals surface area contributed by atoms with Gasteiger partial charge in [0, 0.05) is 24.6 Å². The molecule has 0 aliphatic heterocycles. The summed E-state index contributed by atoms with van der Waals surface area (Å²) in [6.45, 7) is 6.01. The monoisotopic (exact) mass is 589 g/mol. The first-order valence-corrected chi connectivity index (χ1v) is 14.5. The molecule has 0 aromatic heterocycles. The minimum absolute atomic E-state index is 0.0426. The topological polar surface area (TPSA) is 165 Å². The smallest absolute Gasteiger partial charge is 0.255 e. The summed E-state index contributed by atoms with van der Waals surface area (Å²) in [6, 6.07) is 10.1. The van der Waals surface area contributed by atoms with Gasteiger partial charge in [-0.3, -0.25) is 19.3 Å². The molecule has 0 radical (unpaired) electrons. The van der Waals surface area contributed by atoms with Gasteiger partial charge in [0.1, 0.15) is 22.8 Å². The number of primary amides is 1. The van der Waals surface area contributed by atoms with Crippen LogP contribution in [0.4, 0.5) is 0 Å². The summed E-state index contributed by atoms with van der Waals surface area (Å²) >= 11 is 0. The maximum atomic E-state index is 14.0. The molecule has 3 aliphatic carbocycles. The molecule has 4 atom stereocenters. The third-order valence-corrected chi connectivity index (χ3v) is 8.97. The maximum absolute atomic E-state index is 14.0. The number of carbonyl (C=O) groups is 3. The molecule has 5 rings (SSSR count). The molecule has 1 fully saturated rings. The highest BCUT2D eigenvalue weighted by Crippen LogP contribution is 2.53. The zero-order chi connectivity index (χ0) is 31.5. The molecule has 2 aromatic rings. The first-order valence-electron chi connectivity index (χ1n) is 14.5. The predicted molar refractivity (Wildman–Crippen MR) is 161 cm³/mol. The number of carbonyl (C=O) groups excluding carboxylic acids is 3. The molecule has 1 saturated carbocycles. The Morgan fingerprint density at radius 1 is 1.09 bits per heavy atom. The Kier molecular flexibility index (Phi) is 7.75. The lowest BCUT2D eigenvalue weighted by Crippen LogP contribution is -2.65. The second-order valence-electron chi connectivity index (χ2n) is 12.7. The van der Waals surface area contributed by atoms with Crippen LogP contribution >= 0.6 is 0 Å². The number of hydrogen-bond donors (Lipinski definition) is 5. The van der Waals surface area contributed by atoms with E-state index in [0.29, 0.717) is 11.5 Å². The Hall–Kier alpha value is -3.99. The van der Waals surface area contributed by atoms with Gasteiger partial charge in [-0.25, -0.2) is 0 Å². The first-order chi connectivity index (χ1) is 20.2. The number of rotatable bonds is 7. The van der Waals surface area contributed by atoms with Gasteiger partial charge in [-0.1, -0.05) is 38.1 Å². The Labute approximate surface area is 250 Å². The van der Waals surface area contributed by atoms with Crippen molar-refractivity contribution >= 4 is 23.2 Å². The standard InChI is InChI=1S/C33H39N3O7/c1-16(2)14-36(5)15-17-7-6-8-18(11-17)20-9-10-23(37)25-21(20)12-19-13-22-27(35(3)4)29(39)26(32(34)42)31(41)33(22,43)30(40)24(19)28(25)38/h6-11,16,19,22,27,37-38,41,43H,12-15H2,1-5H3,(H2,34,42)/t19-,22-,27-,33-/m0/s1. The van der Waals surface area contributed by atoms with Crippen LogP contribution in [0.1, 0.15) is 37.0 Å². The number of phenols is 1. The minimum Gasteiger partial charge on any atom is -0.508 e. The van der Waals surface area contributed by atoms with Crippen molar-refractivity contribution in [1.29, 1.82) is 0 Å². The molecular formula is C33H39N3O7. The number of likely N-dealkylation sites (N-methyl/N-ethyl adjacent to an activating group) is 1. The van der Waals surface area contributed by atoms with E-state index in [9.17, 15) is 34.8 Å². The van der Waals surface area contributed by atoms with E-state index in [4.69, 9.17) is 5.73 Å². The van der Waals surface area contributed by atoms with Crippen LogP contribution in [-0.2, 0) is 27.3 Å². The normalized spacial score (nSPS) is 25.4. The number of nitrogens with zero attached hydrogens (tertiary/aromatic N) is 2. The highest BCUT2D eigenvalue weighted by atomic mass is 16.3. The molecule has 0 unspecified atom stereocenters. The number of amides is 1. The number of benzene rings is 2. The molecule has 43 heavy (non-hydrogen) atoms. The summed E-state index contributed by atoms with van der Waals surface area (Å²) in [5.74, 6) is -6.12. The number of phenolic OH excluding ortho intramolecular Hbond substituents is 1. The van der Waals surface area contributed by atoms with Gasteiger partial charge in [-0.2, -0.15) is 0 Å². The molecule has 0 spiro atoms. The molecule has 3 aliphatic rings. The third-order valence-electron chi connectivity index (χ3n) is 8.97. The van der Waals surface area contributed by atoms with Crippen molar-refractivity contribution in [1.82, 2.24) is 9.80 Å². The summed E-state index contributed by atoms with van der Waals surface area (Å²) in [6.07, 6.45) is 0.274. The van der Waals surface area contributed by atoms with Gasteiger partial charge in [0.2, 0.25) is 5.78 Å². The molecule has 6 N–H and O–H groups in total. The van der Waals surface area contributed by atoms with Crippen molar-refractivity contribution in [3.8, 4) is 16.9 Å². The van der Waals surface area contributed by atoms with Crippen molar-refractivity contribution < 1.29 is 34.8 Å². The van der Waals surface area contributed by atoms with Crippen molar-refractivity contribution in [2.75, 3.05) is 27.7 Å². The Bertz CT molecular complexity index is 1590. The lowest BCUT2D eigenvalue weighted by atomic mass is 9.57. The van der Waals surface area contributed by atoms with E-state index in [1.54, 1.807) is 20.2 Å². The predicted octanol–water partition coefficient (Wildman–Crippen LogP) is 2.72. The highest BCUT2D eigenvalue weighted by molar-refractivity contribution is 6.24. The molecule has 1 amide bonds. The number of aliphatic hydroxyl groups excluding tert-OH is 2. The van der Waals surface area contributed by atoms with Gasteiger partial charge in [0.05, 0.1) is 11.6 Å². The Balaban J connectivity index is 1.64. The number of aromatic hydroxyl groups is 1. The summed E-state index contributed by atoms with van der Waals surface area (Å²) in [5, 5.41) is 45.2. The Morgan fingerprint density at radius 3 is 2.42 bits per heavy atom. The largest absolute Gasteiger partial charge is 0.508 e. The summed E-state index contributed by atoms with van der Waals surface area (Å²) < 4.78 is 0. The third kappa shape index (κ3) is 4.83. The lowest BCUT2D eigenvalue weighted by Gasteiger charge is -2.50. The van der Waals surface area contributed by atoms with Gasteiger partial charge >= 0.3 is 0 Å². The van der Waals surface area contributed by atoms with E-state index >= 15 is 0 Å². The molecule has 10 nitrogen and oxygen atoms in total. The molecule has 0 saturated heterocycles. The van der Waals surface area contributed by atoms with E-state index in [-0.39, 0.29) is 29.7 Å². The number of hydrogen-bond acceptors (Lipinski definition) is 9.